The number of H-pyrrole nitrogens is 1. The van der Waals surface area contributed by atoms with Gasteiger partial charge in [-0.3, -0.25) is 0 Å². The van der Waals surface area contributed by atoms with Crippen molar-refractivity contribution in [2.75, 3.05) is 6.26 Å². The standard InChI is InChI=1S/C9H8NS/c1-11-8-2-3-9-7(6-8)4-5-10-9/h2-4,6,10H,1H3. The van der Waals surface area contributed by atoms with Gasteiger partial charge in [-0.05, 0) is 30.5 Å². The number of fused-ring (bicyclic) bond motifs is 1. The van der Waals surface area contributed by atoms with E-state index in [2.05, 4.69) is 35.6 Å². The van der Waals surface area contributed by atoms with Crippen LogP contribution in [-0.2, 0) is 0 Å². The Hall–Kier alpha value is -0.890. The monoisotopic (exact) mass is 162 g/mol. The van der Waals surface area contributed by atoms with E-state index in [9.17, 15) is 0 Å². The zero-order valence-electron chi connectivity index (χ0n) is 6.22. The summed E-state index contributed by atoms with van der Waals surface area (Å²) in [7, 11) is 0. The molecule has 0 fully saturated rings. The molecule has 11 heavy (non-hydrogen) atoms. The van der Waals surface area contributed by atoms with Crippen LogP contribution >= 0.6 is 11.8 Å². The molecule has 2 aromatic rings. The van der Waals surface area contributed by atoms with E-state index in [1.54, 1.807) is 11.8 Å². The summed E-state index contributed by atoms with van der Waals surface area (Å²) in [6.07, 6.45) is 5.04. The summed E-state index contributed by atoms with van der Waals surface area (Å²) in [5.74, 6) is 0. The van der Waals surface area contributed by atoms with Crippen molar-refractivity contribution in [2.45, 2.75) is 4.90 Å². The van der Waals surface area contributed by atoms with Gasteiger partial charge in [-0.2, -0.15) is 0 Å². The van der Waals surface area contributed by atoms with Gasteiger partial charge in [0.05, 0.1) is 6.20 Å². The second-order valence-corrected chi connectivity index (χ2v) is 3.25. The molecule has 0 aliphatic heterocycles. The predicted molar refractivity (Wildman–Crippen MR) is 48.9 cm³/mol. The van der Waals surface area contributed by atoms with Gasteiger partial charge >= 0.3 is 0 Å². The van der Waals surface area contributed by atoms with Gasteiger partial charge in [-0.25, -0.2) is 0 Å². The Morgan fingerprint density at radius 1 is 1.45 bits per heavy atom. The van der Waals surface area contributed by atoms with Crippen LogP contribution in [0.1, 0.15) is 0 Å². The molecular weight excluding hydrogens is 154 g/mol. The Kier molecular flexibility index (Phi) is 1.62. The highest BCUT2D eigenvalue weighted by molar-refractivity contribution is 7.98. The Morgan fingerprint density at radius 3 is 3.18 bits per heavy atom. The largest absolute Gasteiger partial charge is 0.353 e. The molecular formula is C9H8NS. The van der Waals surface area contributed by atoms with E-state index in [0.717, 1.165) is 5.52 Å². The maximum absolute atomic E-state index is 3.04. The van der Waals surface area contributed by atoms with Crippen LogP contribution in [0.15, 0.2) is 29.2 Å². The lowest BCUT2D eigenvalue weighted by atomic mass is 10.2. The summed E-state index contributed by atoms with van der Waals surface area (Å²) in [5, 5.41) is 1.23. The van der Waals surface area contributed by atoms with Crippen LogP contribution < -0.4 is 0 Å². The van der Waals surface area contributed by atoms with E-state index < -0.39 is 0 Å². The van der Waals surface area contributed by atoms with Gasteiger partial charge in [0.15, 0.2) is 0 Å². The Bertz CT molecular complexity index is 364. The minimum atomic E-state index is 1.16. The Labute approximate surface area is 69.8 Å². The van der Waals surface area contributed by atoms with Crippen LogP contribution in [0.2, 0.25) is 0 Å². The first-order valence-electron chi connectivity index (χ1n) is 3.43. The molecule has 0 aliphatic rings. The van der Waals surface area contributed by atoms with E-state index in [1.165, 1.54) is 10.3 Å². The quantitative estimate of drug-likeness (QED) is 0.637. The molecule has 1 N–H and O–H groups in total. The topological polar surface area (TPSA) is 15.8 Å². The molecule has 0 saturated heterocycles. The van der Waals surface area contributed by atoms with Crippen molar-refractivity contribution in [1.82, 2.24) is 4.98 Å². The molecule has 2 heteroatoms. The lowest BCUT2D eigenvalue weighted by molar-refractivity contribution is 1.44. The maximum Gasteiger partial charge on any atom is 0.0630 e. The van der Waals surface area contributed by atoms with Crippen LogP contribution in [0.5, 0.6) is 0 Å². The molecule has 0 bridgehead atoms. The average Bonchev–Trinajstić information content (AvgIpc) is 2.50. The molecule has 1 heterocycles. The average molecular weight is 162 g/mol. The Morgan fingerprint density at radius 2 is 2.36 bits per heavy atom. The molecule has 0 atom stereocenters. The normalized spacial score (nSPS) is 10.6. The van der Waals surface area contributed by atoms with E-state index in [4.69, 9.17) is 0 Å². The second kappa shape index (κ2) is 2.62. The van der Waals surface area contributed by atoms with Crippen molar-refractivity contribution in [1.29, 1.82) is 0 Å². The van der Waals surface area contributed by atoms with E-state index in [1.807, 2.05) is 6.07 Å². The fraction of sp³-hybridized carbons (Fsp3) is 0.111. The molecule has 55 valence electrons. The third-order valence-electron chi connectivity index (χ3n) is 1.69. The zero-order valence-corrected chi connectivity index (χ0v) is 7.03. The number of nitrogens with one attached hydrogen (secondary N) is 1. The van der Waals surface area contributed by atoms with Gasteiger partial charge in [-0.15, -0.1) is 11.8 Å². The minimum Gasteiger partial charge on any atom is -0.353 e. The van der Waals surface area contributed by atoms with Crippen LogP contribution in [0.3, 0.4) is 0 Å². The third-order valence-corrected chi connectivity index (χ3v) is 2.42. The van der Waals surface area contributed by atoms with Crippen LogP contribution in [0, 0.1) is 6.20 Å². The van der Waals surface area contributed by atoms with Crippen LogP contribution in [0.4, 0.5) is 0 Å². The summed E-state index contributed by atoms with van der Waals surface area (Å²) in [4.78, 5) is 4.33. The number of hydrogen-bond acceptors (Lipinski definition) is 1. The fourth-order valence-electron chi connectivity index (χ4n) is 1.09. The number of hydrogen-bond donors (Lipinski definition) is 1. The fourth-order valence-corrected chi connectivity index (χ4v) is 1.54. The lowest BCUT2D eigenvalue weighted by Gasteiger charge is -1.94. The molecule has 1 radical (unpaired) electrons. The SMILES string of the molecule is CSc1ccc2[nH][c]cc2c1. The number of benzene rings is 1. The van der Waals surface area contributed by atoms with Crippen molar-refractivity contribution < 1.29 is 0 Å². The predicted octanol–water partition coefficient (Wildman–Crippen LogP) is 2.69. The molecule has 2 rings (SSSR count). The van der Waals surface area contributed by atoms with Gasteiger partial charge in [0.1, 0.15) is 0 Å². The first kappa shape index (κ1) is 6.80. The van der Waals surface area contributed by atoms with Gasteiger partial charge < -0.3 is 4.98 Å². The van der Waals surface area contributed by atoms with E-state index in [-0.39, 0.29) is 0 Å². The highest BCUT2D eigenvalue weighted by Gasteiger charge is 1.94. The number of thioether (sulfide) groups is 1. The Balaban J connectivity index is 2.67. The summed E-state index contributed by atoms with van der Waals surface area (Å²) < 4.78 is 0. The van der Waals surface area contributed by atoms with Crippen molar-refractivity contribution in [2.24, 2.45) is 0 Å². The van der Waals surface area contributed by atoms with Crippen LogP contribution in [0.25, 0.3) is 10.9 Å². The molecule has 0 unspecified atom stereocenters. The second-order valence-electron chi connectivity index (χ2n) is 2.37. The maximum atomic E-state index is 3.04. The number of rotatable bonds is 1. The zero-order chi connectivity index (χ0) is 7.68. The molecule has 0 spiro atoms. The highest BCUT2D eigenvalue weighted by atomic mass is 32.2. The lowest BCUT2D eigenvalue weighted by Crippen LogP contribution is -1.69. The summed E-state index contributed by atoms with van der Waals surface area (Å²) in [6.45, 7) is 0. The number of aromatic amines is 1. The number of aromatic nitrogens is 1. The van der Waals surface area contributed by atoms with E-state index >= 15 is 0 Å². The van der Waals surface area contributed by atoms with Crippen LogP contribution in [-0.4, -0.2) is 11.2 Å². The van der Waals surface area contributed by atoms with Crippen molar-refractivity contribution in [3.05, 3.63) is 30.5 Å². The van der Waals surface area contributed by atoms with E-state index in [0.29, 0.717) is 0 Å². The van der Waals surface area contributed by atoms with Gasteiger partial charge in [0.25, 0.3) is 0 Å². The minimum absolute atomic E-state index is 1.16. The van der Waals surface area contributed by atoms with Crippen molar-refractivity contribution >= 4 is 22.7 Å². The molecule has 1 aromatic heterocycles. The molecule has 0 saturated carbocycles. The first-order chi connectivity index (χ1) is 5.40. The highest BCUT2D eigenvalue weighted by Crippen LogP contribution is 2.20. The molecule has 0 amide bonds. The summed E-state index contributed by atoms with van der Waals surface area (Å²) in [6, 6.07) is 8.32. The van der Waals surface area contributed by atoms with Crippen molar-refractivity contribution in [3.8, 4) is 0 Å². The van der Waals surface area contributed by atoms with Crippen molar-refractivity contribution in [3.63, 3.8) is 0 Å². The smallest absolute Gasteiger partial charge is 0.0630 e. The van der Waals surface area contributed by atoms with Gasteiger partial charge in [0.2, 0.25) is 0 Å². The first-order valence-corrected chi connectivity index (χ1v) is 4.65. The van der Waals surface area contributed by atoms with Gasteiger partial charge in [-0.1, -0.05) is 0 Å². The molecule has 1 aromatic carbocycles. The van der Waals surface area contributed by atoms with Gasteiger partial charge in [0, 0.05) is 15.8 Å². The molecule has 0 aliphatic carbocycles. The molecule has 1 nitrogen and oxygen atoms in total. The summed E-state index contributed by atoms with van der Waals surface area (Å²) in [5.41, 5.74) is 1.16. The summed E-state index contributed by atoms with van der Waals surface area (Å²) >= 11 is 1.76. The third kappa shape index (κ3) is 1.14.